The second-order valence-corrected chi connectivity index (χ2v) is 4.43. The van der Waals surface area contributed by atoms with Crippen LogP contribution in [-0.4, -0.2) is 19.9 Å². The smallest absolute Gasteiger partial charge is 0.165 e. The molecule has 2 heteroatoms. The van der Waals surface area contributed by atoms with Gasteiger partial charge in [0.15, 0.2) is 5.78 Å². The van der Waals surface area contributed by atoms with Crippen LogP contribution in [-0.2, 0) is 0 Å². The summed E-state index contributed by atoms with van der Waals surface area (Å²) in [4.78, 5) is 13.9. The number of rotatable bonds is 4. The van der Waals surface area contributed by atoms with Gasteiger partial charge in [-0.3, -0.25) is 4.79 Å². The quantitative estimate of drug-likeness (QED) is 0.704. The van der Waals surface area contributed by atoms with E-state index in [2.05, 4.69) is 13.8 Å². The van der Waals surface area contributed by atoms with E-state index in [1.54, 1.807) is 0 Å². The molecule has 0 amide bonds. The number of hydrogen-bond acceptors (Lipinski definition) is 2. The first-order valence-corrected chi connectivity index (χ1v) is 5.32. The van der Waals surface area contributed by atoms with Gasteiger partial charge in [-0.15, -0.1) is 0 Å². The van der Waals surface area contributed by atoms with Crippen molar-refractivity contribution in [3.05, 3.63) is 29.8 Å². The summed E-state index contributed by atoms with van der Waals surface area (Å²) >= 11 is 0. The fourth-order valence-corrected chi connectivity index (χ4v) is 1.58. The lowest BCUT2D eigenvalue weighted by Gasteiger charge is -2.16. The normalized spacial score (nSPS) is 10.5. The van der Waals surface area contributed by atoms with Gasteiger partial charge in [0.05, 0.1) is 0 Å². The van der Waals surface area contributed by atoms with Crippen LogP contribution in [0.4, 0.5) is 5.69 Å². The van der Waals surface area contributed by atoms with Crippen molar-refractivity contribution in [3.63, 3.8) is 0 Å². The van der Waals surface area contributed by atoms with Crippen LogP contribution >= 0.6 is 0 Å². The number of hydrogen-bond donors (Lipinski definition) is 0. The molecule has 0 heterocycles. The van der Waals surface area contributed by atoms with Crippen LogP contribution in [0.5, 0.6) is 0 Å². The van der Waals surface area contributed by atoms with Gasteiger partial charge in [0.1, 0.15) is 0 Å². The van der Waals surface area contributed by atoms with Crippen LogP contribution in [0.15, 0.2) is 24.3 Å². The Morgan fingerprint density at radius 1 is 1.27 bits per heavy atom. The molecule has 1 aromatic rings. The highest BCUT2D eigenvalue weighted by Crippen LogP contribution is 2.20. The summed E-state index contributed by atoms with van der Waals surface area (Å²) in [7, 11) is 3.92. The first-order chi connectivity index (χ1) is 7.02. The molecule has 0 fully saturated rings. The summed E-state index contributed by atoms with van der Waals surface area (Å²) in [6, 6.07) is 7.76. The van der Waals surface area contributed by atoms with Crippen molar-refractivity contribution in [3.8, 4) is 0 Å². The Balaban J connectivity index is 2.97. The zero-order valence-electron chi connectivity index (χ0n) is 9.95. The second kappa shape index (κ2) is 4.96. The lowest BCUT2D eigenvalue weighted by molar-refractivity contribution is 0.0968. The monoisotopic (exact) mass is 205 g/mol. The number of para-hydroxylation sites is 1. The predicted molar refractivity (Wildman–Crippen MR) is 64.6 cm³/mol. The van der Waals surface area contributed by atoms with E-state index in [0.29, 0.717) is 12.3 Å². The molecule has 1 aromatic carbocycles. The summed E-state index contributed by atoms with van der Waals surface area (Å²) in [6.07, 6.45) is 0.616. The summed E-state index contributed by atoms with van der Waals surface area (Å²) in [5.41, 5.74) is 1.83. The largest absolute Gasteiger partial charge is 0.377 e. The molecule has 0 aromatic heterocycles. The average Bonchev–Trinajstić information content (AvgIpc) is 2.16. The van der Waals surface area contributed by atoms with Crippen molar-refractivity contribution in [1.29, 1.82) is 0 Å². The number of anilines is 1. The van der Waals surface area contributed by atoms with E-state index in [4.69, 9.17) is 0 Å². The minimum atomic E-state index is 0.231. The van der Waals surface area contributed by atoms with E-state index >= 15 is 0 Å². The topological polar surface area (TPSA) is 20.3 Å². The molecule has 0 radical (unpaired) electrons. The third kappa shape index (κ3) is 3.08. The van der Waals surface area contributed by atoms with Crippen molar-refractivity contribution in [2.24, 2.45) is 5.92 Å². The highest BCUT2D eigenvalue weighted by Gasteiger charge is 2.13. The maximum Gasteiger partial charge on any atom is 0.165 e. The Labute approximate surface area is 91.9 Å². The summed E-state index contributed by atoms with van der Waals surface area (Å²) in [5.74, 6) is 0.641. The fraction of sp³-hybridized carbons (Fsp3) is 0.462. The fourth-order valence-electron chi connectivity index (χ4n) is 1.58. The van der Waals surface area contributed by atoms with E-state index in [0.717, 1.165) is 11.3 Å². The number of ketones is 1. The molecule has 0 spiro atoms. The summed E-state index contributed by atoms with van der Waals surface area (Å²) in [5, 5.41) is 0. The molecule has 0 atom stereocenters. The van der Waals surface area contributed by atoms with Gasteiger partial charge in [-0.25, -0.2) is 0 Å². The predicted octanol–water partition coefficient (Wildman–Crippen LogP) is 2.98. The number of benzene rings is 1. The van der Waals surface area contributed by atoms with Crippen LogP contribution in [0.25, 0.3) is 0 Å². The first-order valence-electron chi connectivity index (χ1n) is 5.32. The molecule has 2 nitrogen and oxygen atoms in total. The van der Waals surface area contributed by atoms with Crippen LogP contribution in [0.2, 0.25) is 0 Å². The molecule has 0 aliphatic rings. The molecule has 0 aliphatic heterocycles. The minimum Gasteiger partial charge on any atom is -0.377 e. The highest BCUT2D eigenvalue weighted by atomic mass is 16.1. The average molecular weight is 205 g/mol. The number of nitrogens with zero attached hydrogens (tertiary/aromatic N) is 1. The van der Waals surface area contributed by atoms with Crippen molar-refractivity contribution < 1.29 is 4.79 Å². The second-order valence-electron chi connectivity index (χ2n) is 4.43. The Morgan fingerprint density at radius 2 is 1.87 bits per heavy atom. The van der Waals surface area contributed by atoms with Crippen LogP contribution in [0, 0.1) is 5.92 Å². The maximum atomic E-state index is 12.0. The lowest BCUT2D eigenvalue weighted by Crippen LogP contribution is -2.14. The van der Waals surface area contributed by atoms with Crippen molar-refractivity contribution in [2.45, 2.75) is 20.3 Å². The van der Waals surface area contributed by atoms with E-state index in [-0.39, 0.29) is 5.78 Å². The van der Waals surface area contributed by atoms with E-state index < -0.39 is 0 Å². The molecule has 82 valence electrons. The minimum absolute atomic E-state index is 0.231. The molecular formula is C13H19NO. The molecule has 0 unspecified atom stereocenters. The Hall–Kier alpha value is -1.31. The molecule has 15 heavy (non-hydrogen) atoms. The zero-order valence-corrected chi connectivity index (χ0v) is 9.95. The Morgan fingerprint density at radius 3 is 2.40 bits per heavy atom. The number of carbonyl (C=O) groups excluding carboxylic acids is 1. The van der Waals surface area contributed by atoms with Gasteiger partial charge in [0, 0.05) is 31.8 Å². The van der Waals surface area contributed by atoms with Gasteiger partial charge in [0.25, 0.3) is 0 Å². The van der Waals surface area contributed by atoms with Gasteiger partial charge in [-0.1, -0.05) is 26.0 Å². The van der Waals surface area contributed by atoms with E-state index in [1.165, 1.54) is 0 Å². The van der Waals surface area contributed by atoms with Gasteiger partial charge < -0.3 is 4.90 Å². The highest BCUT2D eigenvalue weighted by molar-refractivity contribution is 6.01. The van der Waals surface area contributed by atoms with Gasteiger partial charge in [-0.05, 0) is 18.1 Å². The maximum absolute atomic E-state index is 12.0. The van der Waals surface area contributed by atoms with Crippen LogP contribution < -0.4 is 4.90 Å². The van der Waals surface area contributed by atoms with Crippen LogP contribution in [0.1, 0.15) is 30.6 Å². The molecule has 0 N–H and O–H groups in total. The molecular weight excluding hydrogens is 186 g/mol. The van der Waals surface area contributed by atoms with Crippen molar-refractivity contribution in [2.75, 3.05) is 19.0 Å². The number of carbonyl (C=O) groups is 1. The van der Waals surface area contributed by atoms with Crippen molar-refractivity contribution >= 4 is 11.5 Å². The van der Waals surface area contributed by atoms with Crippen molar-refractivity contribution in [1.82, 2.24) is 0 Å². The standard InChI is InChI=1S/C13H19NO/c1-10(2)9-13(15)11-7-5-6-8-12(11)14(3)4/h5-8,10H,9H2,1-4H3. The molecule has 1 rings (SSSR count). The van der Waals surface area contributed by atoms with Gasteiger partial charge in [0.2, 0.25) is 0 Å². The summed E-state index contributed by atoms with van der Waals surface area (Å²) < 4.78 is 0. The third-order valence-corrected chi connectivity index (χ3v) is 2.28. The molecule has 0 saturated carbocycles. The van der Waals surface area contributed by atoms with Gasteiger partial charge in [-0.2, -0.15) is 0 Å². The summed E-state index contributed by atoms with van der Waals surface area (Å²) in [6.45, 7) is 4.13. The number of Topliss-reactive ketones (excluding diaryl/α,β-unsaturated/α-hetero) is 1. The molecule has 0 aliphatic carbocycles. The molecule has 0 saturated heterocycles. The first kappa shape index (κ1) is 11.8. The van der Waals surface area contributed by atoms with E-state index in [1.807, 2.05) is 43.3 Å². The SMILES string of the molecule is CC(C)CC(=O)c1ccccc1N(C)C. The lowest BCUT2D eigenvalue weighted by atomic mass is 9.99. The van der Waals surface area contributed by atoms with Crippen LogP contribution in [0.3, 0.4) is 0 Å². The Bertz CT molecular complexity index is 342. The zero-order chi connectivity index (χ0) is 11.4. The molecule has 0 bridgehead atoms. The van der Waals surface area contributed by atoms with Gasteiger partial charge >= 0.3 is 0 Å². The Kier molecular flexibility index (Phi) is 3.89. The van der Waals surface area contributed by atoms with E-state index in [9.17, 15) is 4.79 Å². The third-order valence-electron chi connectivity index (χ3n) is 2.28.